The largest absolute Gasteiger partial charge is 0.324 e. The van der Waals surface area contributed by atoms with Crippen LogP contribution in [0.1, 0.15) is 28.3 Å². The summed E-state index contributed by atoms with van der Waals surface area (Å²) in [5, 5.41) is 0.789. The number of hydrogen-bond acceptors (Lipinski definition) is 2. The van der Waals surface area contributed by atoms with Gasteiger partial charge in [0.2, 0.25) is 0 Å². The van der Waals surface area contributed by atoms with Gasteiger partial charge in [-0.15, -0.1) is 0 Å². The van der Waals surface area contributed by atoms with E-state index in [1.165, 1.54) is 0 Å². The predicted octanol–water partition coefficient (Wildman–Crippen LogP) is 3.59. The summed E-state index contributed by atoms with van der Waals surface area (Å²) in [6.07, 6.45) is 4.36. The molecule has 94 valence electrons. The van der Waals surface area contributed by atoms with E-state index in [1.807, 2.05) is 38.2 Å². The van der Waals surface area contributed by atoms with E-state index in [-0.39, 0.29) is 6.04 Å². The van der Waals surface area contributed by atoms with Gasteiger partial charge >= 0.3 is 0 Å². The van der Waals surface area contributed by atoms with Gasteiger partial charge in [0, 0.05) is 23.5 Å². The Bertz CT molecular complexity index is 552. The highest BCUT2D eigenvalue weighted by Crippen LogP contribution is 2.24. The molecule has 0 radical (unpaired) electrons. The Morgan fingerprint density at radius 2 is 2.06 bits per heavy atom. The van der Waals surface area contributed by atoms with Gasteiger partial charge in [0.05, 0.1) is 0 Å². The second kappa shape index (κ2) is 5.51. The Hall–Kier alpha value is -1.38. The first-order valence-corrected chi connectivity index (χ1v) is 6.37. The molecule has 0 bridgehead atoms. The number of aryl methyl sites for hydroxylation is 2. The molecule has 1 heterocycles. The van der Waals surface area contributed by atoms with Crippen molar-refractivity contribution in [2.45, 2.75) is 26.3 Å². The summed E-state index contributed by atoms with van der Waals surface area (Å²) in [5.41, 5.74) is 10.7. The molecule has 2 aromatic rings. The van der Waals surface area contributed by atoms with E-state index in [9.17, 15) is 0 Å². The second-order valence-electron chi connectivity index (χ2n) is 4.64. The molecule has 0 fully saturated rings. The molecule has 0 aliphatic carbocycles. The van der Waals surface area contributed by atoms with Gasteiger partial charge in [-0.1, -0.05) is 23.7 Å². The van der Waals surface area contributed by atoms with E-state index in [0.29, 0.717) is 0 Å². The van der Waals surface area contributed by atoms with E-state index >= 15 is 0 Å². The third-order valence-electron chi connectivity index (χ3n) is 3.11. The maximum atomic E-state index is 6.25. The van der Waals surface area contributed by atoms with Crippen molar-refractivity contribution >= 4 is 11.6 Å². The van der Waals surface area contributed by atoms with E-state index in [2.05, 4.69) is 11.1 Å². The van der Waals surface area contributed by atoms with Gasteiger partial charge in [-0.25, -0.2) is 0 Å². The van der Waals surface area contributed by atoms with Crippen LogP contribution < -0.4 is 5.73 Å². The van der Waals surface area contributed by atoms with Gasteiger partial charge in [0.25, 0.3) is 0 Å². The van der Waals surface area contributed by atoms with Crippen LogP contribution in [0.15, 0.2) is 36.7 Å². The van der Waals surface area contributed by atoms with Crippen LogP contribution in [0.25, 0.3) is 0 Å². The molecule has 18 heavy (non-hydrogen) atoms. The fourth-order valence-electron chi connectivity index (χ4n) is 2.06. The number of rotatable bonds is 3. The molecule has 2 N–H and O–H groups in total. The minimum Gasteiger partial charge on any atom is -0.324 e. The number of hydrogen-bond donors (Lipinski definition) is 1. The summed E-state index contributed by atoms with van der Waals surface area (Å²) in [6, 6.07) is 8.01. The molecule has 3 heteroatoms. The molecular weight excluding hydrogens is 244 g/mol. The first-order valence-electron chi connectivity index (χ1n) is 5.99. The van der Waals surface area contributed by atoms with Crippen molar-refractivity contribution in [2.24, 2.45) is 5.73 Å². The molecular formula is C15H17ClN2. The summed E-state index contributed by atoms with van der Waals surface area (Å²) in [6.45, 7) is 4.06. The molecule has 1 unspecified atom stereocenters. The maximum Gasteiger partial charge on any atom is 0.0441 e. The molecule has 0 aliphatic rings. The van der Waals surface area contributed by atoms with Crippen LogP contribution >= 0.6 is 11.6 Å². The van der Waals surface area contributed by atoms with Crippen LogP contribution in [0.3, 0.4) is 0 Å². The summed E-state index contributed by atoms with van der Waals surface area (Å²) < 4.78 is 0. The van der Waals surface area contributed by atoms with Crippen LogP contribution in [0.4, 0.5) is 0 Å². The molecule has 2 nitrogen and oxygen atoms in total. The molecule has 1 aromatic carbocycles. The zero-order chi connectivity index (χ0) is 13.1. The first kappa shape index (κ1) is 13.1. The predicted molar refractivity (Wildman–Crippen MR) is 75.8 cm³/mol. The Labute approximate surface area is 113 Å². The van der Waals surface area contributed by atoms with Crippen molar-refractivity contribution in [1.82, 2.24) is 4.98 Å². The quantitative estimate of drug-likeness (QED) is 0.916. The van der Waals surface area contributed by atoms with E-state index in [4.69, 9.17) is 17.3 Å². The molecule has 0 saturated heterocycles. The van der Waals surface area contributed by atoms with Crippen molar-refractivity contribution in [1.29, 1.82) is 0 Å². The van der Waals surface area contributed by atoms with Crippen molar-refractivity contribution < 1.29 is 0 Å². The normalized spacial score (nSPS) is 12.4. The highest BCUT2D eigenvalue weighted by Gasteiger charge is 2.11. The smallest absolute Gasteiger partial charge is 0.0441 e. The summed E-state index contributed by atoms with van der Waals surface area (Å²) >= 11 is 6.23. The number of benzene rings is 1. The maximum absolute atomic E-state index is 6.25. The van der Waals surface area contributed by atoms with Crippen LogP contribution in [0.2, 0.25) is 5.02 Å². The lowest BCUT2D eigenvalue weighted by atomic mass is 9.97. The number of nitrogens with two attached hydrogens (primary N) is 1. The number of nitrogens with zero attached hydrogens (tertiary/aromatic N) is 1. The third-order valence-corrected chi connectivity index (χ3v) is 3.46. The summed E-state index contributed by atoms with van der Waals surface area (Å²) in [5.74, 6) is 0. The molecule has 1 aromatic heterocycles. The van der Waals surface area contributed by atoms with Crippen LogP contribution in [-0.2, 0) is 6.42 Å². The Kier molecular flexibility index (Phi) is 4.00. The van der Waals surface area contributed by atoms with Crippen LogP contribution in [-0.4, -0.2) is 4.98 Å². The monoisotopic (exact) mass is 260 g/mol. The average molecular weight is 261 g/mol. The molecule has 2 rings (SSSR count). The van der Waals surface area contributed by atoms with Crippen molar-refractivity contribution in [3.8, 4) is 0 Å². The number of pyridine rings is 1. The Morgan fingerprint density at radius 1 is 1.28 bits per heavy atom. The summed E-state index contributed by atoms with van der Waals surface area (Å²) in [7, 11) is 0. The molecule has 0 saturated carbocycles. The van der Waals surface area contributed by atoms with Gasteiger partial charge in [-0.3, -0.25) is 4.98 Å². The zero-order valence-corrected chi connectivity index (χ0v) is 11.4. The third kappa shape index (κ3) is 2.89. The fourth-order valence-corrected chi connectivity index (χ4v) is 2.38. The van der Waals surface area contributed by atoms with Crippen molar-refractivity contribution in [3.05, 3.63) is 63.9 Å². The standard InChI is InChI=1S/C15H17ClN2/c1-10-3-4-12(14(16)7-10)8-15(17)13-5-6-18-9-11(13)2/h3-7,9,15H,8,17H2,1-2H3. The molecule has 0 aliphatic heterocycles. The van der Waals surface area contributed by atoms with Gasteiger partial charge in [-0.2, -0.15) is 0 Å². The zero-order valence-electron chi connectivity index (χ0n) is 10.7. The van der Waals surface area contributed by atoms with E-state index in [1.54, 1.807) is 6.20 Å². The lowest BCUT2D eigenvalue weighted by Gasteiger charge is -2.15. The second-order valence-corrected chi connectivity index (χ2v) is 5.04. The highest BCUT2D eigenvalue weighted by atomic mass is 35.5. The fraction of sp³-hybridized carbons (Fsp3) is 0.267. The first-order chi connectivity index (χ1) is 8.58. The highest BCUT2D eigenvalue weighted by molar-refractivity contribution is 6.31. The Balaban J connectivity index is 2.21. The van der Waals surface area contributed by atoms with Gasteiger partial charge < -0.3 is 5.73 Å². The number of halogens is 1. The van der Waals surface area contributed by atoms with Crippen molar-refractivity contribution in [3.63, 3.8) is 0 Å². The lowest BCUT2D eigenvalue weighted by molar-refractivity contribution is 0.715. The minimum absolute atomic E-state index is 0.0480. The lowest BCUT2D eigenvalue weighted by Crippen LogP contribution is -2.15. The van der Waals surface area contributed by atoms with E-state index in [0.717, 1.165) is 33.7 Å². The summed E-state index contributed by atoms with van der Waals surface area (Å²) in [4.78, 5) is 4.08. The Morgan fingerprint density at radius 3 is 2.72 bits per heavy atom. The van der Waals surface area contributed by atoms with Gasteiger partial charge in [0.15, 0.2) is 0 Å². The molecule has 0 spiro atoms. The van der Waals surface area contributed by atoms with Crippen LogP contribution in [0, 0.1) is 13.8 Å². The van der Waals surface area contributed by atoms with E-state index < -0.39 is 0 Å². The van der Waals surface area contributed by atoms with Gasteiger partial charge in [0.1, 0.15) is 0 Å². The van der Waals surface area contributed by atoms with Crippen molar-refractivity contribution in [2.75, 3.05) is 0 Å². The molecule has 0 amide bonds. The molecule has 1 atom stereocenters. The minimum atomic E-state index is -0.0480. The SMILES string of the molecule is Cc1ccc(CC(N)c2ccncc2C)c(Cl)c1. The van der Waals surface area contributed by atoms with Gasteiger partial charge in [-0.05, 0) is 54.7 Å². The average Bonchev–Trinajstić information content (AvgIpc) is 2.33. The van der Waals surface area contributed by atoms with Crippen LogP contribution in [0.5, 0.6) is 0 Å². The topological polar surface area (TPSA) is 38.9 Å². The number of aromatic nitrogens is 1.